The van der Waals surface area contributed by atoms with Crippen molar-refractivity contribution >= 4 is 6.09 Å². The Morgan fingerprint density at radius 3 is 2.72 bits per heavy atom. The number of aromatic nitrogens is 2. The minimum absolute atomic E-state index is 0.121. The molecule has 1 unspecified atom stereocenters. The fourth-order valence-electron chi connectivity index (χ4n) is 1.37. The first-order valence-electron chi connectivity index (χ1n) is 5.92. The van der Waals surface area contributed by atoms with Gasteiger partial charge in [0.15, 0.2) is 0 Å². The summed E-state index contributed by atoms with van der Waals surface area (Å²) in [6, 6.07) is 1.46. The Balaban J connectivity index is 2.75. The van der Waals surface area contributed by atoms with Crippen LogP contribution in [0.2, 0.25) is 0 Å². The third-order valence-corrected chi connectivity index (χ3v) is 2.32. The molecule has 0 aliphatic rings. The minimum Gasteiger partial charge on any atom is -0.444 e. The Hall–Kier alpha value is -1.56. The van der Waals surface area contributed by atoms with Crippen LogP contribution in [-0.2, 0) is 11.3 Å². The van der Waals surface area contributed by atoms with Crippen molar-refractivity contribution in [3.05, 3.63) is 18.0 Å². The molecule has 102 valence electrons. The Bertz CT molecular complexity index is 370. The normalized spacial score (nSPS) is 13.2. The predicted octanol–water partition coefficient (Wildman–Crippen LogP) is 1.53. The summed E-state index contributed by atoms with van der Waals surface area (Å²) in [6.45, 7) is 7.37. The molecule has 0 aliphatic heterocycles. The SMILES string of the molecule is CC(CO)N(Cc1cc[nH]n1)C(=O)OC(C)(C)C. The summed E-state index contributed by atoms with van der Waals surface area (Å²) in [7, 11) is 0. The molecule has 0 saturated carbocycles. The summed E-state index contributed by atoms with van der Waals surface area (Å²) >= 11 is 0. The topological polar surface area (TPSA) is 78.5 Å². The molecule has 0 radical (unpaired) electrons. The van der Waals surface area contributed by atoms with Gasteiger partial charge in [-0.05, 0) is 33.8 Å². The predicted molar refractivity (Wildman–Crippen MR) is 66.9 cm³/mol. The van der Waals surface area contributed by atoms with Gasteiger partial charge in [-0.2, -0.15) is 5.10 Å². The van der Waals surface area contributed by atoms with Gasteiger partial charge in [0.2, 0.25) is 0 Å². The van der Waals surface area contributed by atoms with Crippen molar-refractivity contribution in [2.45, 2.75) is 45.9 Å². The second kappa shape index (κ2) is 5.86. The number of nitrogens with zero attached hydrogens (tertiary/aromatic N) is 2. The molecule has 0 spiro atoms. The van der Waals surface area contributed by atoms with Gasteiger partial charge in [0, 0.05) is 6.20 Å². The highest BCUT2D eigenvalue weighted by molar-refractivity contribution is 5.68. The molecule has 0 aliphatic carbocycles. The Morgan fingerprint density at radius 2 is 2.28 bits per heavy atom. The van der Waals surface area contributed by atoms with Gasteiger partial charge in [-0.15, -0.1) is 0 Å². The number of H-pyrrole nitrogens is 1. The van der Waals surface area contributed by atoms with Crippen LogP contribution in [0.1, 0.15) is 33.4 Å². The molecule has 0 bridgehead atoms. The van der Waals surface area contributed by atoms with Gasteiger partial charge >= 0.3 is 6.09 Å². The molecular formula is C12H21N3O3. The molecule has 0 fully saturated rings. The van der Waals surface area contributed by atoms with Gasteiger partial charge < -0.3 is 9.84 Å². The van der Waals surface area contributed by atoms with Gasteiger partial charge in [0.05, 0.1) is 24.9 Å². The second-order valence-electron chi connectivity index (χ2n) is 5.21. The fourth-order valence-corrected chi connectivity index (χ4v) is 1.37. The largest absolute Gasteiger partial charge is 0.444 e. The van der Waals surface area contributed by atoms with E-state index in [1.807, 2.05) is 0 Å². The van der Waals surface area contributed by atoms with E-state index in [2.05, 4.69) is 10.2 Å². The van der Waals surface area contributed by atoms with Crippen molar-refractivity contribution < 1.29 is 14.6 Å². The first-order valence-corrected chi connectivity index (χ1v) is 5.92. The number of carbonyl (C=O) groups excluding carboxylic acids is 1. The third kappa shape index (κ3) is 4.37. The number of nitrogens with one attached hydrogen (secondary N) is 1. The van der Waals surface area contributed by atoms with Crippen molar-refractivity contribution in [1.82, 2.24) is 15.1 Å². The average Bonchev–Trinajstić information content (AvgIpc) is 2.75. The number of carbonyl (C=O) groups is 1. The molecular weight excluding hydrogens is 234 g/mol. The highest BCUT2D eigenvalue weighted by atomic mass is 16.6. The van der Waals surface area contributed by atoms with Crippen molar-refractivity contribution in [3.8, 4) is 0 Å². The van der Waals surface area contributed by atoms with E-state index >= 15 is 0 Å². The fraction of sp³-hybridized carbons (Fsp3) is 0.667. The van der Waals surface area contributed by atoms with E-state index in [1.54, 1.807) is 40.0 Å². The minimum atomic E-state index is -0.559. The lowest BCUT2D eigenvalue weighted by atomic mass is 10.2. The van der Waals surface area contributed by atoms with Crippen molar-refractivity contribution in [2.24, 2.45) is 0 Å². The van der Waals surface area contributed by atoms with E-state index in [4.69, 9.17) is 4.74 Å². The molecule has 0 aromatic carbocycles. The van der Waals surface area contributed by atoms with Crippen molar-refractivity contribution in [3.63, 3.8) is 0 Å². The van der Waals surface area contributed by atoms with Gasteiger partial charge in [-0.1, -0.05) is 0 Å². The highest BCUT2D eigenvalue weighted by Gasteiger charge is 2.26. The maximum atomic E-state index is 12.0. The van der Waals surface area contributed by atoms with Crippen LogP contribution in [0.3, 0.4) is 0 Å². The molecule has 1 aromatic heterocycles. The van der Waals surface area contributed by atoms with Crippen molar-refractivity contribution in [1.29, 1.82) is 0 Å². The molecule has 1 amide bonds. The molecule has 1 atom stereocenters. The zero-order valence-corrected chi connectivity index (χ0v) is 11.3. The molecule has 1 rings (SSSR count). The van der Waals surface area contributed by atoms with E-state index in [-0.39, 0.29) is 12.6 Å². The number of aromatic amines is 1. The number of rotatable bonds is 4. The summed E-state index contributed by atoms with van der Waals surface area (Å²) in [6.07, 6.45) is 1.23. The maximum absolute atomic E-state index is 12.0. The first kappa shape index (κ1) is 14.5. The van der Waals surface area contributed by atoms with E-state index in [9.17, 15) is 9.90 Å². The first-order chi connectivity index (χ1) is 8.33. The Labute approximate surface area is 107 Å². The highest BCUT2D eigenvalue weighted by Crippen LogP contribution is 2.14. The van der Waals surface area contributed by atoms with E-state index in [0.29, 0.717) is 6.54 Å². The monoisotopic (exact) mass is 255 g/mol. The van der Waals surface area contributed by atoms with Crippen LogP contribution in [0.4, 0.5) is 4.79 Å². The maximum Gasteiger partial charge on any atom is 0.410 e. The molecule has 18 heavy (non-hydrogen) atoms. The summed E-state index contributed by atoms with van der Waals surface area (Å²) in [4.78, 5) is 13.5. The summed E-state index contributed by atoms with van der Waals surface area (Å²) in [5, 5.41) is 15.9. The quantitative estimate of drug-likeness (QED) is 0.855. The third-order valence-electron chi connectivity index (χ3n) is 2.32. The number of hydrogen-bond acceptors (Lipinski definition) is 4. The van der Waals surface area contributed by atoms with Crippen LogP contribution in [-0.4, -0.2) is 44.5 Å². The van der Waals surface area contributed by atoms with Gasteiger partial charge in [0.25, 0.3) is 0 Å². The second-order valence-corrected chi connectivity index (χ2v) is 5.21. The smallest absolute Gasteiger partial charge is 0.410 e. The van der Waals surface area contributed by atoms with E-state index in [0.717, 1.165) is 5.69 Å². The molecule has 2 N–H and O–H groups in total. The summed E-state index contributed by atoms with van der Waals surface area (Å²) in [5.74, 6) is 0. The average molecular weight is 255 g/mol. The number of ether oxygens (including phenoxy) is 1. The van der Waals surface area contributed by atoms with Crippen LogP contribution in [0.25, 0.3) is 0 Å². The van der Waals surface area contributed by atoms with Crippen LogP contribution in [0, 0.1) is 0 Å². The van der Waals surface area contributed by atoms with E-state index in [1.165, 1.54) is 4.90 Å². The van der Waals surface area contributed by atoms with Gasteiger partial charge in [0.1, 0.15) is 5.60 Å². The van der Waals surface area contributed by atoms with Crippen LogP contribution >= 0.6 is 0 Å². The lowest BCUT2D eigenvalue weighted by Crippen LogP contribution is -2.43. The number of aliphatic hydroxyl groups excluding tert-OH is 1. The standard InChI is InChI=1S/C12H21N3O3/c1-9(8-16)15(7-10-5-6-13-14-10)11(17)18-12(2,3)4/h5-6,9,16H,7-8H2,1-4H3,(H,13,14). The lowest BCUT2D eigenvalue weighted by molar-refractivity contribution is 0.00907. The van der Waals surface area contributed by atoms with Crippen molar-refractivity contribution in [2.75, 3.05) is 6.61 Å². The summed E-state index contributed by atoms with van der Waals surface area (Å²) < 4.78 is 5.31. The lowest BCUT2D eigenvalue weighted by Gasteiger charge is -2.30. The van der Waals surface area contributed by atoms with Crippen LogP contribution in [0.5, 0.6) is 0 Å². The zero-order valence-electron chi connectivity index (χ0n) is 11.3. The number of amides is 1. The molecule has 6 nitrogen and oxygen atoms in total. The van der Waals surface area contributed by atoms with Gasteiger partial charge in [-0.25, -0.2) is 4.79 Å². The van der Waals surface area contributed by atoms with Gasteiger partial charge in [-0.3, -0.25) is 10.00 Å². The van der Waals surface area contributed by atoms with E-state index < -0.39 is 11.7 Å². The molecule has 1 aromatic rings. The molecule has 0 saturated heterocycles. The Kier molecular flexibility index (Phi) is 4.72. The molecule has 1 heterocycles. The number of hydrogen-bond donors (Lipinski definition) is 2. The Morgan fingerprint density at radius 1 is 1.61 bits per heavy atom. The molecule has 6 heteroatoms. The number of aliphatic hydroxyl groups is 1. The summed E-state index contributed by atoms with van der Waals surface area (Å²) in [5.41, 5.74) is 0.164. The zero-order chi connectivity index (χ0) is 13.8. The van der Waals surface area contributed by atoms with Crippen LogP contribution in [0.15, 0.2) is 12.3 Å². The van der Waals surface area contributed by atoms with Crippen LogP contribution < -0.4 is 0 Å².